The molecule has 6 atom stereocenters. The van der Waals surface area contributed by atoms with E-state index in [1.54, 1.807) is 0 Å². The number of fused-ring (bicyclic) bond motifs is 4. The quantitative estimate of drug-likeness (QED) is 0.440. The van der Waals surface area contributed by atoms with Crippen LogP contribution < -0.4 is 4.74 Å². The van der Waals surface area contributed by atoms with Gasteiger partial charge >= 0.3 is 0 Å². The van der Waals surface area contributed by atoms with Crippen molar-refractivity contribution in [3.05, 3.63) is 41.5 Å². The molecule has 2 saturated heterocycles. The fraction of sp³-hybridized carbons (Fsp3) is 0.571. The number of carbonyl (C=O) groups is 4. The molecule has 4 aliphatic rings. The lowest BCUT2D eigenvalue weighted by atomic mass is 9.57. The van der Waals surface area contributed by atoms with Gasteiger partial charge in [-0.2, -0.15) is 0 Å². The van der Waals surface area contributed by atoms with Crippen LogP contribution in [0.1, 0.15) is 51.0 Å². The molecule has 0 bridgehead atoms. The maximum atomic E-state index is 13.7. The summed E-state index contributed by atoms with van der Waals surface area (Å²) < 4.78 is 5.86. The Kier molecular flexibility index (Phi) is 6.72. The number of benzene rings is 1. The number of hydrogen-bond donors (Lipinski definition) is 1. The number of para-hydroxylation sites is 1. The van der Waals surface area contributed by atoms with Crippen LogP contribution in [0.3, 0.4) is 0 Å². The maximum Gasteiger partial charge on any atom is 0.234 e. The largest absolute Gasteiger partial charge is 0.491 e. The molecule has 8 heteroatoms. The van der Waals surface area contributed by atoms with Gasteiger partial charge in [0.2, 0.25) is 23.6 Å². The van der Waals surface area contributed by atoms with Gasteiger partial charge in [0.05, 0.1) is 30.3 Å². The van der Waals surface area contributed by atoms with Crippen molar-refractivity contribution in [2.75, 3.05) is 26.3 Å². The molecule has 2 aliphatic carbocycles. The topological polar surface area (TPSA) is 104 Å². The fourth-order valence-corrected chi connectivity index (χ4v) is 6.98. The van der Waals surface area contributed by atoms with Crippen LogP contribution in [-0.4, -0.2) is 64.8 Å². The monoisotopic (exact) mass is 494 g/mol. The first-order valence-corrected chi connectivity index (χ1v) is 13.2. The number of allylic oxidation sites excluding steroid dienone is 2. The Hall–Kier alpha value is -3.00. The van der Waals surface area contributed by atoms with Crippen LogP contribution in [0, 0.1) is 29.6 Å². The predicted octanol–water partition coefficient (Wildman–Crippen LogP) is 2.51. The Balaban J connectivity index is 1.62. The van der Waals surface area contributed by atoms with Gasteiger partial charge in [0, 0.05) is 24.6 Å². The number of rotatable bonds is 8. The number of carbonyl (C=O) groups excluding carboxylic acids is 4. The van der Waals surface area contributed by atoms with E-state index in [0.717, 1.165) is 11.1 Å². The number of aliphatic hydroxyl groups excluding tert-OH is 1. The second-order valence-corrected chi connectivity index (χ2v) is 10.3. The van der Waals surface area contributed by atoms with E-state index in [9.17, 15) is 24.3 Å². The van der Waals surface area contributed by atoms with Gasteiger partial charge in [-0.05, 0) is 37.7 Å². The highest BCUT2D eigenvalue weighted by Crippen LogP contribution is 2.58. The summed E-state index contributed by atoms with van der Waals surface area (Å²) in [5.74, 6) is -2.76. The standard InChI is InChI=1S/C28H34N2O6/c1-3-11-29-25(32)18-10-9-16-19(23(18)27(29)34)15-20-24(28(35)30(12-4-2)26(20)33)22(16)17-7-5-6-8-21(17)36-14-13-31/h5-9,18-20,22-24,31H,3-4,10-15H2,1-2H3/t18-,19+,20+,22+,23-,24+/m0/s1. The molecular formula is C28H34N2O6. The molecule has 1 aromatic carbocycles. The number of likely N-dealkylation sites (tertiary alicyclic amines) is 2. The minimum atomic E-state index is -0.569. The van der Waals surface area contributed by atoms with E-state index in [4.69, 9.17) is 4.74 Å². The number of imide groups is 2. The van der Waals surface area contributed by atoms with E-state index in [2.05, 4.69) is 6.08 Å². The lowest BCUT2D eigenvalue weighted by Gasteiger charge is -2.44. The summed E-state index contributed by atoms with van der Waals surface area (Å²) >= 11 is 0. The molecule has 1 N–H and O–H groups in total. The molecule has 3 fully saturated rings. The van der Waals surface area contributed by atoms with Crippen LogP contribution in [0.5, 0.6) is 5.75 Å². The van der Waals surface area contributed by atoms with Crippen molar-refractivity contribution in [1.29, 1.82) is 0 Å². The molecule has 2 heterocycles. The lowest BCUT2D eigenvalue weighted by molar-refractivity contribution is -0.142. The third kappa shape index (κ3) is 3.69. The van der Waals surface area contributed by atoms with Gasteiger partial charge in [-0.25, -0.2) is 0 Å². The zero-order valence-electron chi connectivity index (χ0n) is 20.9. The highest BCUT2D eigenvalue weighted by Gasteiger charge is 2.61. The third-order valence-corrected chi connectivity index (χ3v) is 8.33. The van der Waals surface area contributed by atoms with Crippen LogP contribution in [0.25, 0.3) is 0 Å². The molecule has 8 nitrogen and oxygen atoms in total. The maximum absolute atomic E-state index is 13.7. The zero-order valence-corrected chi connectivity index (χ0v) is 20.9. The van der Waals surface area contributed by atoms with Gasteiger partial charge in [0.15, 0.2) is 0 Å². The van der Waals surface area contributed by atoms with Gasteiger partial charge in [-0.1, -0.05) is 43.7 Å². The first kappa shape index (κ1) is 24.7. The van der Waals surface area contributed by atoms with Gasteiger partial charge in [-0.15, -0.1) is 0 Å². The third-order valence-electron chi connectivity index (χ3n) is 8.33. The van der Waals surface area contributed by atoms with E-state index in [1.165, 1.54) is 9.80 Å². The van der Waals surface area contributed by atoms with Gasteiger partial charge in [-0.3, -0.25) is 29.0 Å². The van der Waals surface area contributed by atoms with Crippen molar-refractivity contribution in [1.82, 2.24) is 9.80 Å². The molecule has 36 heavy (non-hydrogen) atoms. The molecule has 192 valence electrons. The number of ether oxygens (including phenoxy) is 1. The van der Waals surface area contributed by atoms with Crippen molar-refractivity contribution in [2.45, 2.75) is 45.4 Å². The normalized spacial score (nSPS) is 31.4. The van der Waals surface area contributed by atoms with Crippen LogP contribution in [0.15, 0.2) is 35.9 Å². The molecular weight excluding hydrogens is 460 g/mol. The Bertz CT molecular complexity index is 1110. The number of nitrogens with zero attached hydrogens (tertiary/aromatic N) is 2. The fourth-order valence-electron chi connectivity index (χ4n) is 6.98. The summed E-state index contributed by atoms with van der Waals surface area (Å²) in [4.78, 5) is 56.6. The molecule has 0 aromatic heterocycles. The smallest absolute Gasteiger partial charge is 0.234 e. The highest BCUT2D eigenvalue weighted by molar-refractivity contribution is 6.08. The Morgan fingerprint density at radius 1 is 0.861 bits per heavy atom. The van der Waals surface area contributed by atoms with E-state index >= 15 is 0 Å². The van der Waals surface area contributed by atoms with E-state index in [0.29, 0.717) is 44.5 Å². The first-order chi connectivity index (χ1) is 17.4. The average molecular weight is 495 g/mol. The summed E-state index contributed by atoms with van der Waals surface area (Å²) in [6, 6.07) is 7.44. The number of amides is 4. The first-order valence-electron chi connectivity index (χ1n) is 13.2. The van der Waals surface area contributed by atoms with Crippen molar-refractivity contribution in [3.63, 3.8) is 0 Å². The Labute approximate surface area is 211 Å². The summed E-state index contributed by atoms with van der Waals surface area (Å²) in [5.41, 5.74) is 1.76. The van der Waals surface area contributed by atoms with Crippen LogP contribution in [0.2, 0.25) is 0 Å². The summed E-state index contributed by atoms with van der Waals surface area (Å²) in [6.45, 7) is 4.63. The van der Waals surface area contributed by atoms with Crippen LogP contribution >= 0.6 is 0 Å². The average Bonchev–Trinajstić information content (AvgIpc) is 3.27. The molecule has 0 radical (unpaired) electrons. The van der Waals surface area contributed by atoms with Gasteiger partial charge in [0.1, 0.15) is 12.4 Å². The van der Waals surface area contributed by atoms with E-state index in [-0.39, 0.29) is 42.8 Å². The summed E-state index contributed by atoms with van der Waals surface area (Å²) in [7, 11) is 0. The van der Waals surface area contributed by atoms with Gasteiger partial charge in [0.25, 0.3) is 0 Å². The summed E-state index contributed by atoms with van der Waals surface area (Å²) in [5, 5.41) is 9.35. The van der Waals surface area contributed by atoms with Crippen LogP contribution in [0.4, 0.5) is 0 Å². The van der Waals surface area contributed by atoms with Crippen LogP contribution in [-0.2, 0) is 19.2 Å². The predicted molar refractivity (Wildman–Crippen MR) is 131 cm³/mol. The summed E-state index contributed by atoms with van der Waals surface area (Å²) in [6.07, 6.45) is 4.28. The Morgan fingerprint density at radius 2 is 1.50 bits per heavy atom. The minimum Gasteiger partial charge on any atom is -0.491 e. The van der Waals surface area contributed by atoms with Crippen molar-refractivity contribution >= 4 is 23.6 Å². The lowest BCUT2D eigenvalue weighted by Crippen LogP contribution is -2.43. The highest BCUT2D eigenvalue weighted by atomic mass is 16.5. The number of hydrogen-bond acceptors (Lipinski definition) is 6. The second kappa shape index (κ2) is 9.81. The molecule has 1 saturated carbocycles. The SMILES string of the molecule is CCCN1C(=O)[C@H]2[C@H](CC=C3[C@H]2C[C@H]2C(=O)N(CCC)C(=O)[C@H]2[C@H]3c2ccccc2OCCO)C1=O. The van der Waals surface area contributed by atoms with Gasteiger partial charge < -0.3 is 9.84 Å². The molecule has 0 spiro atoms. The molecule has 2 aliphatic heterocycles. The second-order valence-electron chi connectivity index (χ2n) is 10.3. The molecule has 4 amide bonds. The zero-order chi connectivity index (χ0) is 25.6. The molecule has 5 rings (SSSR count). The van der Waals surface area contributed by atoms with E-state index < -0.39 is 29.6 Å². The molecule has 0 unspecified atom stereocenters. The van der Waals surface area contributed by atoms with E-state index in [1.807, 2.05) is 38.1 Å². The van der Waals surface area contributed by atoms with Crippen molar-refractivity contribution < 1.29 is 29.0 Å². The molecule has 1 aromatic rings. The van der Waals surface area contributed by atoms with Crippen molar-refractivity contribution in [3.8, 4) is 5.75 Å². The minimum absolute atomic E-state index is 0.110. The number of aliphatic hydroxyl groups is 1. The van der Waals surface area contributed by atoms with Crippen molar-refractivity contribution in [2.24, 2.45) is 29.6 Å². The Morgan fingerprint density at radius 3 is 2.17 bits per heavy atom.